The second-order valence-corrected chi connectivity index (χ2v) is 6.61. The summed E-state index contributed by atoms with van der Waals surface area (Å²) in [6.07, 6.45) is 3.52. The molecule has 20 heavy (non-hydrogen) atoms. The lowest BCUT2D eigenvalue weighted by molar-refractivity contribution is 0.0933. The molecule has 0 heterocycles. The highest BCUT2D eigenvalue weighted by molar-refractivity contribution is 7.99. The minimum Gasteiger partial charge on any atom is -0.380 e. The zero-order chi connectivity index (χ0) is 14.4. The number of benzene rings is 1. The van der Waals surface area contributed by atoms with E-state index >= 15 is 0 Å². The summed E-state index contributed by atoms with van der Waals surface area (Å²) in [7, 11) is 1.65. The maximum Gasteiger partial charge on any atom is 0.251 e. The van der Waals surface area contributed by atoms with E-state index in [0.29, 0.717) is 17.9 Å². The predicted molar refractivity (Wildman–Crippen MR) is 84.2 cm³/mol. The SMILES string of the molecule is CCSC1CCCC1NC(=O)c1ccccc1COC. The molecule has 1 N–H and O–H groups in total. The minimum absolute atomic E-state index is 0.0336. The van der Waals surface area contributed by atoms with Crippen molar-refractivity contribution in [3.05, 3.63) is 35.4 Å². The van der Waals surface area contributed by atoms with Crippen molar-refractivity contribution in [1.29, 1.82) is 0 Å². The Labute approximate surface area is 125 Å². The number of rotatable bonds is 6. The van der Waals surface area contributed by atoms with Gasteiger partial charge in [0, 0.05) is 24.0 Å². The van der Waals surface area contributed by atoms with E-state index in [1.54, 1.807) is 7.11 Å². The standard InChI is InChI=1S/C16H23NO2S/c1-3-20-15-10-6-9-14(15)17-16(18)13-8-5-4-7-12(13)11-19-2/h4-5,7-8,14-15H,3,6,9-11H2,1-2H3,(H,17,18). The highest BCUT2D eigenvalue weighted by atomic mass is 32.2. The van der Waals surface area contributed by atoms with Crippen LogP contribution in [0.25, 0.3) is 0 Å². The zero-order valence-corrected chi connectivity index (χ0v) is 13.0. The van der Waals surface area contributed by atoms with Crippen molar-refractivity contribution < 1.29 is 9.53 Å². The molecule has 0 spiro atoms. The van der Waals surface area contributed by atoms with Crippen molar-refractivity contribution in [2.75, 3.05) is 12.9 Å². The smallest absolute Gasteiger partial charge is 0.251 e. The molecule has 2 unspecified atom stereocenters. The van der Waals surface area contributed by atoms with Gasteiger partial charge in [-0.3, -0.25) is 4.79 Å². The Morgan fingerprint density at radius 3 is 2.95 bits per heavy atom. The molecule has 0 radical (unpaired) electrons. The number of ether oxygens (including phenoxy) is 1. The first-order valence-electron chi connectivity index (χ1n) is 7.25. The van der Waals surface area contributed by atoms with Gasteiger partial charge in [-0.2, -0.15) is 11.8 Å². The van der Waals surface area contributed by atoms with Gasteiger partial charge in [-0.25, -0.2) is 0 Å². The molecule has 0 aliphatic heterocycles. The molecule has 1 aliphatic carbocycles. The van der Waals surface area contributed by atoms with Crippen LogP contribution < -0.4 is 5.32 Å². The van der Waals surface area contributed by atoms with E-state index in [9.17, 15) is 4.79 Å². The van der Waals surface area contributed by atoms with Crippen LogP contribution in [0.15, 0.2) is 24.3 Å². The van der Waals surface area contributed by atoms with Crippen molar-refractivity contribution >= 4 is 17.7 Å². The molecule has 1 aliphatic rings. The molecule has 2 atom stereocenters. The van der Waals surface area contributed by atoms with Gasteiger partial charge in [0.1, 0.15) is 0 Å². The monoisotopic (exact) mass is 293 g/mol. The van der Waals surface area contributed by atoms with Crippen LogP contribution >= 0.6 is 11.8 Å². The number of carbonyl (C=O) groups is 1. The van der Waals surface area contributed by atoms with Crippen LogP contribution in [0.3, 0.4) is 0 Å². The van der Waals surface area contributed by atoms with Crippen LogP contribution in [0.5, 0.6) is 0 Å². The topological polar surface area (TPSA) is 38.3 Å². The molecular formula is C16H23NO2S. The van der Waals surface area contributed by atoms with Crippen molar-refractivity contribution in [3.8, 4) is 0 Å². The Hall–Kier alpha value is -1.00. The van der Waals surface area contributed by atoms with Gasteiger partial charge in [-0.15, -0.1) is 0 Å². The molecular weight excluding hydrogens is 270 g/mol. The Morgan fingerprint density at radius 1 is 1.40 bits per heavy atom. The second kappa shape index (κ2) is 7.70. The summed E-state index contributed by atoms with van der Waals surface area (Å²) in [6.45, 7) is 2.65. The largest absolute Gasteiger partial charge is 0.380 e. The first kappa shape index (κ1) is 15.4. The van der Waals surface area contributed by atoms with E-state index in [2.05, 4.69) is 12.2 Å². The van der Waals surface area contributed by atoms with E-state index in [1.807, 2.05) is 36.0 Å². The number of amides is 1. The molecule has 1 aromatic carbocycles. The number of nitrogens with one attached hydrogen (secondary N) is 1. The Kier molecular flexibility index (Phi) is 5.92. The van der Waals surface area contributed by atoms with Crippen molar-refractivity contribution in [2.24, 2.45) is 0 Å². The molecule has 4 heteroatoms. The normalized spacial score (nSPS) is 21.9. The number of methoxy groups -OCH3 is 1. The summed E-state index contributed by atoms with van der Waals surface area (Å²) in [5.41, 5.74) is 1.69. The van der Waals surface area contributed by atoms with Crippen molar-refractivity contribution in [2.45, 2.75) is 44.1 Å². The van der Waals surface area contributed by atoms with Gasteiger partial charge >= 0.3 is 0 Å². The van der Waals surface area contributed by atoms with E-state index in [1.165, 1.54) is 12.8 Å². The van der Waals surface area contributed by atoms with Crippen LogP contribution in [0.4, 0.5) is 0 Å². The Balaban J connectivity index is 2.04. The van der Waals surface area contributed by atoms with E-state index in [0.717, 1.165) is 23.3 Å². The lowest BCUT2D eigenvalue weighted by atomic mass is 10.1. The summed E-state index contributed by atoms with van der Waals surface area (Å²) in [6, 6.07) is 7.98. The maximum absolute atomic E-state index is 12.5. The predicted octanol–water partition coefficient (Wildman–Crippen LogP) is 3.24. The number of hydrogen-bond acceptors (Lipinski definition) is 3. The third kappa shape index (κ3) is 3.76. The molecule has 2 rings (SSSR count). The molecule has 0 aromatic heterocycles. The lowest BCUT2D eigenvalue weighted by Crippen LogP contribution is -2.39. The van der Waals surface area contributed by atoms with E-state index in [4.69, 9.17) is 4.74 Å². The van der Waals surface area contributed by atoms with Gasteiger partial charge in [0.25, 0.3) is 5.91 Å². The highest BCUT2D eigenvalue weighted by Crippen LogP contribution is 2.30. The number of carbonyl (C=O) groups excluding carboxylic acids is 1. The van der Waals surface area contributed by atoms with Crippen molar-refractivity contribution in [3.63, 3.8) is 0 Å². The quantitative estimate of drug-likeness (QED) is 0.875. The number of thioether (sulfide) groups is 1. The fourth-order valence-corrected chi connectivity index (χ4v) is 3.97. The molecule has 1 amide bonds. The molecule has 3 nitrogen and oxygen atoms in total. The Morgan fingerprint density at radius 2 is 2.20 bits per heavy atom. The van der Waals surface area contributed by atoms with E-state index in [-0.39, 0.29) is 5.91 Å². The minimum atomic E-state index is 0.0336. The summed E-state index contributed by atoms with van der Waals surface area (Å²) < 4.78 is 5.16. The maximum atomic E-state index is 12.5. The lowest BCUT2D eigenvalue weighted by Gasteiger charge is -2.21. The molecule has 0 saturated heterocycles. The van der Waals surface area contributed by atoms with Gasteiger partial charge in [0.05, 0.1) is 6.61 Å². The number of hydrogen-bond donors (Lipinski definition) is 1. The third-order valence-electron chi connectivity index (χ3n) is 3.71. The first-order valence-corrected chi connectivity index (χ1v) is 8.30. The summed E-state index contributed by atoms with van der Waals surface area (Å²) in [5, 5.41) is 3.78. The van der Waals surface area contributed by atoms with Gasteiger partial charge in [-0.1, -0.05) is 31.5 Å². The Bertz CT molecular complexity index is 450. The van der Waals surface area contributed by atoms with Crippen molar-refractivity contribution in [1.82, 2.24) is 5.32 Å². The summed E-state index contributed by atoms with van der Waals surface area (Å²) in [5.74, 6) is 1.14. The average molecular weight is 293 g/mol. The van der Waals surface area contributed by atoms with Crippen LogP contribution in [0.1, 0.15) is 42.1 Å². The molecule has 1 saturated carbocycles. The van der Waals surface area contributed by atoms with Crippen LogP contribution in [0, 0.1) is 0 Å². The average Bonchev–Trinajstić information content (AvgIpc) is 2.87. The van der Waals surface area contributed by atoms with Gasteiger partial charge < -0.3 is 10.1 Å². The van der Waals surface area contributed by atoms with Gasteiger partial charge in [0.2, 0.25) is 0 Å². The molecule has 0 bridgehead atoms. The fraction of sp³-hybridized carbons (Fsp3) is 0.562. The molecule has 1 aromatic rings. The molecule has 1 fully saturated rings. The zero-order valence-electron chi connectivity index (χ0n) is 12.2. The highest BCUT2D eigenvalue weighted by Gasteiger charge is 2.29. The first-order chi connectivity index (χ1) is 9.76. The van der Waals surface area contributed by atoms with Crippen LogP contribution in [-0.2, 0) is 11.3 Å². The van der Waals surface area contributed by atoms with E-state index < -0.39 is 0 Å². The summed E-state index contributed by atoms with van der Waals surface area (Å²) >= 11 is 1.96. The van der Waals surface area contributed by atoms with Gasteiger partial charge in [0.15, 0.2) is 0 Å². The van der Waals surface area contributed by atoms with Gasteiger partial charge in [-0.05, 0) is 30.2 Å². The molecule has 110 valence electrons. The fourth-order valence-electron chi connectivity index (χ4n) is 2.77. The van der Waals surface area contributed by atoms with Crippen LogP contribution in [-0.4, -0.2) is 30.1 Å². The summed E-state index contributed by atoms with van der Waals surface area (Å²) in [4.78, 5) is 12.5. The van der Waals surface area contributed by atoms with Crippen LogP contribution in [0.2, 0.25) is 0 Å². The third-order valence-corrected chi connectivity index (χ3v) is 5.04. The second-order valence-electron chi connectivity index (χ2n) is 5.09.